The van der Waals surface area contributed by atoms with E-state index in [1.807, 2.05) is 24.3 Å². The largest absolute Gasteiger partial charge is 0.416 e. The van der Waals surface area contributed by atoms with Gasteiger partial charge in [-0.1, -0.05) is 42.5 Å². The number of piperazine rings is 1. The van der Waals surface area contributed by atoms with E-state index in [2.05, 4.69) is 10.2 Å². The summed E-state index contributed by atoms with van der Waals surface area (Å²) in [5, 5.41) is 2.88. The van der Waals surface area contributed by atoms with Gasteiger partial charge in [-0.3, -0.25) is 9.69 Å². The van der Waals surface area contributed by atoms with Gasteiger partial charge in [0.15, 0.2) is 0 Å². The number of fused-ring (bicyclic) bond motifs is 3. The number of hydrogen-bond donors (Lipinski definition) is 1. The summed E-state index contributed by atoms with van der Waals surface area (Å²) in [5.41, 5.74) is 1.81. The van der Waals surface area contributed by atoms with Gasteiger partial charge in [0.1, 0.15) is 6.04 Å². The van der Waals surface area contributed by atoms with Crippen LogP contribution in [0, 0.1) is 0 Å². The molecular formula is C19H17F3N2O. The van der Waals surface area contributed by atoms with Crippen molar-refractivity contribution in [1.82, 2.24) is 10.2 Å². The first-order chi connectivity index (χ1) is 11.9. The summed E-state index contributed by atoms with van der Waals surface area (Å²) in [4.78, 5) is 14.4. The van der Waals surface area contributed by atoms with Crippen LogP contribution < -0.4 is 5.32 Å². The van der Waals surface area contributed by atoms with Crippen molar-refractivity contribution >= 4 is 5.91 Å². The Morgan fingerprint density at radius 1 is 1.04 bits per heavy atom. The monoisotopic (exact) mass is 346 g/mol. The molecule has 2 heterocycles. The second-order valence-electron chi connectivity index (χ2n) is 6.49. The fourth-order valence-electron chi connectivity index (χ4n) is 3.88. The van der Waals surface area contributed by atoms with E-state index >= 15 is 0 Å². The van der Waals surface area contributed by atoms with Crippen molar-refractivity contribution < 1.29 is 18.0 Å². The van der Waals surface area contributed by atoms with E-state index in [1.165, 1.54) is 12.1 Å². The van der Waals surface area contributed by atoms with Crippen LogP contribution in [0.1, 0.15) is 34.2 Å². The summed E-state index contributed by atoms with van der Waals surface area (Å²) in [7, 11) is 0. The number of carbonyl (C=O) groups is 1. The zero-order chi connectivity index (χ0) is 17.6. The van der Waals surface area contributed by atoms with Gasteiger partial charge in [-0.25, -0.2) is 0 Å². The van der Waals surface area contributed by atoms with Crippen LogP contribution in [0.2, 0.25) is 0 Å². The molecule has 130 valence electrons. The van der Waals surface area contributed by atoms with Crippen molar-refractivity contribution in [1.29, 1.82) is 0 Å². The van der Waals surface area contributed by atoms with Crippen molar-refractivity contribution in [3.05, 3.63) is 70.8 Å². The molecule has 0 bridgehead atoms. The number of nitrogens with one attached hydrogen (secondary N) is 1. The van der Waals surface area contributed by atoms with Gasteiger partial charge in [-0.2, -0.15) is 13.2 Å². The maximum absolute atomic E-state index is 13.1. The highest BCUT2D eigenvalue weighted by Crippen LogP contribution is 2.41. The fourth-order valence-corrected chi connectivity index (χ4v) is 3.88. The molecule has 2 aromatic carbocycles. The zero-order valence-electron chi connectivity index (χ0n) is 13.4. The minimum Gasteiger partial charge on any atom is -0.353 e. The Kier molecular flexibility index (Phi) is 3.80. The lowest BCUT2D eigenvalue weighted by Crippen LogP contribution is -2.53. The first-order valence-electron chi connectivity index (χ1n) is 8.23. The molecule has 6 heteroatoms. The number of carbonyl (C=O) groups excluding carboxylic acids is 1. The molecule has 1 N–H and O–H groups in total. The molecule has 2 atom stereocenters. The van der Waals surface area contributed by atoms with Crippen LogP contribution in [0.3, 0.4) is 0 Å². The number of amides is 1. The average molecular weight is 346 g/mol. The molecule has 25 heavy (non-hydrogen) atoms. The second kappa shape index (κ2) is 5.88. The molecule has 1 amide bonds. The smallest absolute Gasteiger partial charge is 0.353 e. The number of alkyl halides is 3. The molecule has 1 saturated heterocycles. The van der Waals surface area contributed by atoms with Gasteiger partial charge < -0.3 is 5.32 Å². The fraction of sp³-hybridized carbons (Fsp3) is 0.316. The second-order valence-corrected chi connectivity index (χ2v) is 6.49. The molecule has 4 rings (SSSR count). The SMILES string of the molecule is O=C1NCCN2CC(c3cccc(C(F)(F)F)c3)c3ccccc3C12. The molecule has 1 fully saturated rings. The van der Waals surface area contributed by atoms with E-state index in [-0.39, 0.29) is 17.9 Å². The Morgan fingerprint density at radius 3 is 2.56 bits per heavy atom. The number of nitrogens with zero attached hydrogens (tertiary/aromatic N) is 1. The molecular weight excluding hydrogens is 329 g/mol. The van der Waals surface area contributed by atoms with Gasteiger partial charge in [0.05, 0.1) is 5.56 Å². The predicted octanol–water partition coefficient (Wildman–Crippen LogP) is 3.32. The molecule has 3 nitrogen and oxygen atoms in total. The van der Waals surface area contributed by atoms with Gasteiger partial charge in [-0.05, 0) is 22.8 Å². The van der Waals surface area contributed by atoms with Gasteiger partial charge in [-0.15, -0.1) is 0 Å². The molecule has 2 unspecified atom stereocenters. The highest BCUT2D eigenvalue weighted by atomic mass is 19.4. The van der Waals surface area contributed by atoms with Crippen molar-refractivity contribution in [2.24, 2.45) is 0 Å². The van der Waals surface area contributed by atoms with Crippen LogP contribution >= 0.6 is 0 Å². The number of benzene rings is 2. The highest BCUT2D eigenvalue weighted by Gasteiger charge is 2.40. The maximum atomic E-state index is 13.1. The van der Waals surface area contributed by atoms with Gasteiger partial charge in [0, 0.05) is 25.6 Å². The van der Waals surface area contributed by atoms with Crippen LogP contribution in [-0.4, -0.2) is 30.4 Å². The van der Waals surface area contributed by atoms with Gasteiger partial charge in [0.25, 0.3) is 0 Å². The Morgan fingerprint density at radius 2 is 1.80 bits per heavy atom. The third kappa shape index (κ3) is 2.80. The molecule has 2 aliphatic heterocycles. The molecule has 2 aromatic rings. The van der Waals surface area contributed by atoms with Crippen LogP contribution in [-0.2, 0) is 11.0 Å². The van der Waals surface area contributed by atoms with Crippen molar-refractivity contribution in [3.8, 4) is 0 Å². The van der Waals surface area contributed by atoms with Gasteiger partial charge >= 0.3 is 6.18 Å². The topological polar surface area (TPSA) is 32.3 Å². The summed E-state index contributed by atoms with van der Waals surface area (Å²) < 4.78 is 39.3. The molecule has 2 aliphatic rings. The molecule has 0 radical (unpaired) electrons. The summed E-state index contributed by atoms with van der Waals surface area (Å²) in [6.45, 7) is 1.80. The average Bonchev–Trinajstić information content (AvgIpc) is 2.60. The van der Waals surface area contributed by atoms with E-state index in [0.29, 0.717) is 25.2 Å². The number of rotatable bonds is 1. The Hall–Kier alpha value is -2.34. The lowest BCUT2D eigenvalue weighted by molar-refractivity contribution is -0.137. The minimum atomic E-state index is -4.36. The highest BCUT2D eigenvalue weighted by molar-refractivity contribution is 5.85. The van der Waals surface area contributed by atoms with E-state index < -0.39 is 11.7 Å². The van der Waals surface area contributed by atoms with Crippen LogP contribution in [0.4, 0.5) is 13.2 Å². The summed E-state index contributed by atoms with van der Waals surface area (Å²) in [6.07, 6.45) is -4.36. The predicted molar refractivity (Wildman–Crippen MR) is 87.1 cm³/mol. The van der Waals surface area contributed by atoms with Crippen molar-refractivity contribution in [3.63, 3.8) is 0 Å². The van der Waals surface area contributed by atoms with Gasteiger partial charge in [0.2, 0.25) is 5.91 Å². The first-order valence-corrected chi connectivity index (χ1v) is 8.23. The van der Waals surface area contributed by atoms with Crippen LogP contribution in [0.15, 0.2) is 48.5 Å². The van der Waals surface area contributed by atoms with Crippen molar-refractivity contribution in [2.45, 2.75) is 18.1 Å². The van der Waals surface area contributed by atoms with Crippen LogP contribution in [0.25, 0.3) is 0 Å². The Balaban J connectivity index is 1.80. The normalized spacial score (nSPS) is 23.6. The lowest BCUT2D eigenvalue weighted by atomic mass is 9.80. The summed E-state index contributed by atoms with van der Waals surface area (Å²) in [6, 6.07) is 12.7. The number of hydrogen-bond acceptors (Lipinski definition) is 2. The lowest BCUT2D eigenvalue weighted by Gasteiger charge is -2.43. The van der Waals surface area contributed by atoms with Crippen molar-refractivity contribution in [2.75, 3.05) is 19.6 Å². The third-order valence-corrected chi connectivity index (χ3v) is 5.01. The Labute approximate surface area is 143 Å². The number of halogens is 3. The molecule has 0 aromatic heterocycles. The van der Waals surface area contributed by atoms with E-state index in [4.69, 9.17) is 0 Å². The molecule has 0 saturated carbocycles. The molecule has 0 aliphatic carbocycles. The summed E-state index contributed by atoms with van der Waals surface area (Å²) in [5.74, 6) is -0.221. The van der Waals surface area contributed by atoms with E-state index in [1.54, 1.807) is 6.07 Å². The molecule has 0 spiro atoms. The first kappa shape index (κ1) is 16.1. The van der Waals surface area contributed by atoms with E-state index in [9.17, 15) is 18.0 Å². The quantitative estimate of drug-likeness (QED) is 0.859. The summed E-state index contributed by atoms with van der Waals surface area (Å²) >= 11 is 0. The van der Waals surface area contributed by atoms with E-state index in [0.717, 1.165) is 17.2 Å². The van der Waals surface area contributed by atoms with Crippen LogP contribution in [0.5, 0.6) is 0 Å². The third-order valence-electron chi connectivity index (χ3n) is 5.01. The Bertz CT molecular complexity index is 818. The maximum Gasteiger partial charge on any atom is 0.416 e. The standard InChI is InChI=1S/C19H17F3N2O/c20-19(21,22)13-5-3-4-12(10-13)16-11-24-9-8-23-18(25)17(24)15-7-2-1-6-14(15)16/h1-7,10,16-17H,8-9,11H2,(H,23,25). The zero-order valence-corrected chi connectivity index (χ0v) is 13.4. The minimum absolute atomic E-state index is 0.0406.